The van der Waals surface area contributed by atoms with Crippen molar-refractivity contribution in [2.24, 2.45) is 11.8 Å². The Labute approximate surface area is 204 Å². The van der Waals surface area contributed by atoms with Crippen molar-refractivity contribution in [1.29, 1.82) is 0 Å². The molecule has 34 heavy (non-hydrogen) atoms. The third-order valence-corrected chi connectivity index (χ3v) is 8.02. The summed E-state index contributed by atoms with van der Waals surface area (Å²) in [6.07, 6.45) is 4.03. The Hall–Kier alpha value is -1.19. The lowest BCUT2D eigenvalue weighted by Gasteiger charge is -2.48. The van der Waals surface area contributed by atoms with E-state index in [1.165, 1.54) is 5.57 Å². The van der Waals surface area contributed by atoms with Gasteiger partial charge < -0.3 is 28.6 Å². The molecule has 4 atom stereocenters. The lowest BCUT2D eigenvalue weighted by Crippen LogP contribution is -2.60. The first-order valence-electron chi connectivity index (χ1n) is 12.9. The largest absolute Gasteiger partial charge is 0.443 e. The van der Waals surface area contributed by atoms with Gasteiger partial charge in [0.25, 0.3) is 0 Å². The normalized spacial score (nSPS) is 32.4. The maximum Gasteiger partial charge on any atom is 0.410 e. The van der Waals surface area contributed by atoms with E-state index in [2.05, 4.69) is 38.7 Å². The van der Waals surface area contributed by atoms with Gasteiger partial charge in [-0.2, -0.15) is 0 Å². The van der Waals surface area contributed by atoms with E-state index in [1.807, 2.05) is 4.90 Å². The van der Waals surface area contributed by atoms with E-state index in [-0.39, 0.29) is 29.8 Å². The van der Waals surface area contributed by atoms with Crippen LogP contribution in [0.1, 0.15) is 47.0 Å². The maximum absolute atomic E-state index is 12.9. The van der Waals surface area contributed by atoms with Gasteiger partial charge in [0.2, 0.25) is 0 Å². The molecule has 0 bridgehead atoms. The molecule has 8 nitrogen and oxygen atoms in total. The third-order valence-electron chi connectivity index (χ3n) is 8.02. The number of hydrogen-bond acceptors (Lipinski definition) is 7. The maximum atomic E-state index is 12.9. The van der Waals surface area contributed by atoms with E-state index in [9.17, 15) is 4.79 Å². The number of morpholine rings is 1. The zero-order valence-corrected chi connectivity index (χ0v) is 21.7. The quantitative estimate of drug-likeness (QED) is 0.371. The smallest absolute Gasteiger partial charge is 0.410 e. The first-order chi connectivity index (χ1) is 16.2. The zero-order chi connectivity index (χ0) is 24.3. The Morgan fingerprint density at radius 1 is 1.21 bits per heavy atom. The molecule has 1 aliphatic carbocycles. The Bertz CT molecular complexity index is 721. The van der Waals surface area contributed by atoms with E-state index in [1.54, 1.807) is 7.11 Å². The number of ether oxygens (including phenoxy) is 5. The second-order valence-corrected chi connectivity index (χ2v) is 11.2. The van der Waals surface area contributed by atoms with Gasteiger partial charge in [-0.15, -0.1) is 0 Å². The molecule has 4 aliphatic rings. The Morgan fingerprint density at radius 3 is 2.53 bits per heavy atom. The highest BCUT2D eigenvalue weighted by Gasteiger charge is 2.64. The van der Waals surface area contributed by atoms with E-state index >= 15 is 0 Å². The van der Waals surface area contributed by atoms with Crippen LogP contribution >= 0.6 is 0 Å². The van der Waals surface area contributed by atoms with Crippen molar-refractivity contribution in [1.82, 2.24) is 9.80 Å². The molecule has 3 heterocycles. The second-order valence-electron chi connectivity index (χ2n) is 11.2. The summed E-state index contributed by atoms with van der Waals surface area (Å²) >= 11 is 0. The lowest BCUT2D eigenvalue weighted by molar-refractivity contribution is -0.175. The highest BCUT2D eigenvalue weighted by atomic mass is 16.6. The van der Waals surface area contributed by atoms with Crippen molar-refractivity contribution in [2.45, 2.75) is 70.4 Å². The Morgan fingerprint density at radius 2 is 1.91 bits per heavy atom. The first-order valence-corrected chi connectivity index (χ1v) is 12.9. The molecule has 3 saturated heterocycles. The third kappa shape index (κ3) is 5.95. The van der Waals surface area contributed by atoms with Crippen molar-refractivity contribution in [3.8, 4) is 0 Å². The summed E-state index contributed by atoms with van der Waals surface area (Å²) in [4.78, 5) is 17.2. The van der Waals surface area contributed by atoms with Gasteiger partial charge in [0.05, 0.1) is 37.6 Å². The SMILES string of the molecule is CO[C@H]1[C@H](C(C)(C)OCC=C(C)C)[C@]2(CC[C@H]1OC(=O)N1CC(CCN3CCOCC3)C1)CO2. The summed E-state index contributed by atoms with van der Waals surface area (Å²) in [7, 11) is 1.71. The Balaban J connectivity index is 1.29. The molecule has 0 unspecified atom stereocenters. The monoisotopic (exact) mass is 480 g/mol. The van der Waals surface area contributed by atoms with E-state index in [0.717, 1.165) is 65.2 Å². The van der Waals surface area contributed by atoms with Crippen LogP contribution in [0.15, 0.2) is 11.6 Å². The van der Waals surface area contributed by atoms with E-state index in [4.69, 9.17) is 23.7 Å². The van der Waals surface area contributed by atoms with Gasteiger partial charge in [-0.25, -0.2) is 4.79 Å². The molecular weight excluding hydrogens is 436 g/mol. The number of carbonyl (C=O) groups excluding carboxylic acids is 1. The van der Waals surface area contributed by atoms with Gasteiger partial charge >= 0.3 is 6.09 Å². The molecule has 0 N–H and O–H groups in total. The van der Waals surface area contributed by atoms with Crippen molar-refractivity contribution in [2.75, 3.05) is 66.3 Å². The predicted molar refractivity (Wildman–Crippen MR) is 129 cm³/mol. The summed E-state index contributed by atoms with van der Waals surface area (Å²) in [6.45, 7) is 15.9. The first kappa shape index (κ1) is 25.9. The molecule has 8 heteroatoms. The summed E-state index contributed by atoms with van der Waals surface area (Å²) in [5.74, 6) is 0.540. The van der Waals surface area contributed by atoms with Crippen molar-refractivity contribution < 1.29 is 28.5 Å². The fraction of sp³-hybridized carbons (Fsp3) is 0.885. The number of carbonyl (C=O) groups is 1. The van der Waals surface area contributed by atoms with Crippen LogP contribution in [0.3, 0.4) is 0 Å². The molecule has 1 amide bonds. The zero-order valence-electron chi connectivity index (χ0n) is 21.7. The minimum Gasteiger partial charge on any atom is -0.443 e. The van der Waals surface area contributed by atoms with E-state index in [0.29, 0.717) is 19.1 Å². The van der Waals surface area contributed by atoms with Gasteiger partial charge in [0.15, 0.2) is 0 Å². The minimum atomic E-state index is -0.477. The standard InChI is InChI=1S/C26H44N2O6/c1-19(2)8-13-32-25(3,4)23-22(30-5)21(6-9-26(23)18-33-26)34-24(29)28-16-20(17-28)7-10-27-11-14-31-15-12-27/h8,20-23H,6-7,9-18H2,1-5H3/t21-,22-,23-,26+/m1/s1. The molecule has 0 aromatic rings. The molecule has 4 fully saturated rings. The van der Waals surface area contributed by atoms with Crippen LogP contribution in [0.25, 0.3) is 0 Å². The van der Waals surface area contributed by atoms with Gasteiger partial charge in [-0.3, -0.25) is 4.90 Å². The number of amides is 1. The Kier molecular flexibility index (Phi) is 8.24. The predicted octanol–water partition coefficient (Wildman–Crippen LogP) is 3.10. The van der Waals surface area contributed by atoms with Crippen molar-refractivity contribution in [3.63, 3.8) is 0 Å². The van der Waals surface area contributed by atoms with Crippen molar-refractivity contribution >= 4 is 6.09 Å². The average Bonchev–Trinajstić information content (AvgIpc) is 3.53. The molecule has 4 rings (SSSR count). The van der Waals surface area contributed by atoms with Crippen LogP contribution in [0.2, 0.25) is 0 Å². The summed E-state index contributed by atoms with van der Waals surface area (Å²) in [6, 6.07) is 0. The number of epoxide rings is 1. The number of hydrogen-bond donors (Lipinski definition) is 0. The number of likely N-dealkylation sites (tertiary alicyclic amines) is 1. The van der Waals surface area contributed by atoms with Gasteiger partial charge in [0.1, 0.15) is 12.2 Å². The molecule has 1 saturated carbocycles. The lowest BCUT2D eigenvalue weighted by atomic mass is 9.68. The molecule has 3 aliphatic heterocycles. The highest BCUT2D eigenvalue weighted by molar-refractivity contribution is 5.69. The average molecular weight is 481 g/mol. The van der Waals surface area contributed by atoms with Crippen LogP contribution in [0.5, 0.6) is 0 Å². The number of nitrogens with zero attached hydrogens (tertiary/aromatic N) is 2. The second kappa shape index (κ2) is 10.8. The molecule has 1 spiro atoms. The van der Waals surface area contributed by atoms with Crippen LogP contribution in [-0.4, -0.2) is 106 Å². The van der Waals surface area contributed by atoms with Crippen LogP contribution in [0, 0.1) is 11.8 Å². The molecular formula is C26H44N2O6. The molecule has 194 valence electrons. The van der Waals surface area contributed by atoms with Crippen molar-refractivity contribution in [3.05, 3.63) is 11.6 Å². The highest BCUT2D eigenvalue weighted by Crippen LogP contribution is 2.52. The van der Waals surface area contributed by atoms with Gasteiger partial charge in [0, 0.05) is 39.2 Å². The van der Waals surface area contributed by atoms with Gasteiger partial charge in [-0.1, -0.05) is 11.6 Å². The molecule has 0 aromatic heterocycles. The molecule has 0 radical (unpaired) electrons. The van der Waals surface area contributed by atoms with E-state index < -0.39 is 5.60 Å². The van der Waals surface area contributed by atoms with Crippen LogP contribution < -0.4 is 0 Å². The van der Waals surface area contributed by atoms with Crippen LogP contribution in [0.4, 0.5) is 4.79 Å². The fourth-order valence-corrected chi connectivity index (χ4v) is 5.89. The summed E-state index contributed by atoms with van der Waals surface area (Å²) in [5, 5.41) is 0. The summed E-state index contributed by atoms with van der Waals surface area (Å²) < 4.78 is 29.7. The van der Waals surface area contributed by atoms with Crippen LogP contribution in [-0.2, 0) is 23.7 Å². The number of methoxy groups -OCH3 is 1. The summed E-state index contributed by atoms with van der Waals surface area (Å²) in [5.41, 5.74) is 0.513. The van der Waals surface area contributed by atoms with Gasteiger partial charge in [-0.05, 0) is 59.4 Å². The molecule has 0 aromatic carbocycles. The number of allylic oxidation sites excluding steroid dienone is 1. The number of rotatable bonds is 9. The topological polar surface area (TPSA) is 73.0 Å². The minimum absolute atomic E-state index is 0.0141. The fourth-order valence-electron chi connectivity index (χ4n) is 5.89.